The van der Waals surface area contributed by atoms with Gasteiger partial charge in [0.15, 0.2) is 5.96 Å². The average molecular weight is 475 g/mol. The number of nitrogens with one attached hydrogen (secondary N) is 3. The number of amides is 1. The van der Waals surface area contributed by atoms with E-state index < -0.39 is 0 Å². The highest BCUT2D eigenvalue weighted by atomic mass is 127. The molecular weight excluding hydrogens is 441 g/mol. The largest absolute Gasteiger partial charge is 0.357 e. The minimum Gasteiger partial charge on any atom is -0.357 e. The lowest BCUT2D eigenvalue weighted by Crippen LogP contribution is -2.48. The second-order valence-electron chi connectivity index (χ2n) is 7.35. The van der Waals surface area contributed by atoms with Crippen LogP contribution in [0.1, 0.15) is 38.8 Å². The van der Waals surface area contributed by atoms with E-state index in [2.05, 4.69) is 52.1 Å². The first kappa shape index (κ1) is 24.7. The molecule has 0 aliphatic carbocycles. The van der Waals surface area contributed by atoms with Crippen molar-refractivity contribution in [2.24, 2.45) is 4.99 Å². The molecule has 0 heterocycles. The van der Waals surface area contributed by atoms with Crippen molar-refractivity contribution < 1.29 is 4.79 Å². The minimum atomic E-state index is -0.237. The van der Waals surface area contributed by atoms with Crippen LogP contribution in [0.4, 0.5) is 0 Å². The summed E-state index contributed by atoms with van der Waals surface area (Å²) in [6.45, 7) is 10.3. The van der Waals surface area contributed by atoms with Gasteiger partial charge in [-0.3, -0.25) is 4.79 Å². The van der Waals surface area contributed by atoms with Crippen molar-refractivity contribution >= 4 is 35.8 Å². The zero-order chi connectivity index (χ0) is 18.9. The number of nitrogens with zero attached hydrogens (tertiary/aromatic N) is 2. The first-order chi connectivity index (χ1) is 11.7. The van der Waals surface area contributed by atoms with E-state index in [4.69, 9.17) is 0 Å². The number of halogens is 1. The summed E-state index contributed by atoms with van der Waals surface area (Å²) in [7, 11) is 4.11. The second kappa shape index (κ2) is 12.1. The number of carbonyl (C=O) groups excluding carboxylic acids is 1. The SMILES string of the molecule is CCNC(=NCc1ccccc1CN(C)C)NCC(=O)NC(C)(C)C.I. The van der Waals surface area contributed by atoms with E-state index >= 15 is 0 Å². The summed E-state index contributed by atoms with van der Waals surface area (Å²) in [5.41, 5.74) is 2.21. The highest BCUT2D eigenvalue weighted by molar-refractivity contribution is 14.0. The zero-order valence-electron chi connectivity index (χ0n) is 16.8. The van der Waals surface area contributed by atoms with E-state index in [1.54, 1.807) is 0 Å². The molecule has 0 saturated heterocycles. The zero-order valence-corrected chi connectivity index (χ0v) is 19.2. The summed E-state index contributed by atoms with van der Waals surface area (Å²) < 4.78 is 0. The molecule has 0 aromatic heterocycles. The molecule has 0 spiro atoms. The van der Waals surface area contributed by atoms with Crippen molar-refractivity contribution in [3.8, 4) is 0 Å². The topological polar surface area (TPSA) is 68.8 Å². The molecule has 7 heteroatoms. The molecule has 26 heavy (non-hydrogen) atoms. The highest BCUT2D eigenvalue weighted by Gasteiger charge is 2.13. The van der Waals surface area contributed by atoms with Gasteiger partial charge in [0, 0.05) is 18.6 Å². The summed E-state index contributed by atoms with van der Waals surface area (Å²) in [6, 6.07) is 8.30. The van der Waals surface area contributed by atoms with Crippen LogP contribution in [0, 0.1) is 0 Å². The number of guanidine groups is 1. The van der Waals surface area contributed by atoms with Gasteiger partial charge in [-0.2, -0.15) is 0 Å². The molecule has 1 rings (SSSR count). The van der Waals surface area contributed by atoms with Crippen LogP contribution in [0.15, 0.2) is 29.3 Å². The molecule has 0 bridgehead atoms. The molecule has 6 nitrogen and oxygen atoms in total. The summed E-state index contributed by atoms with van der Waals surface area (Å²) in [4.78, 5) is 18.7. The number of carbonyl (C=O) groups is 1. The van der Waals surface area contributed by atoms with Crippen molar-refractivity contribution in [3.63, 3.8) is 0 Å². The predicted molar refractivity (Wildman–Crippen MR) is 120 cm³/mol. The van der Waals surface area contributed by atoms with E-state index in [0.717, 1.165) is 13.1 Å². The molecule has 0 radical (unpaired) electrons. The maximum absolute atomic E-state index is 12.0. The molecule has 148 valence electrons. The van der Waals surface area contributed by atoms with Crippen LogP contribution >= 0.6 is 24.0 Å². The molecule has 0 aliphatic rings. The van der Waals surface area contributed by atoms with E-state index in [9.17, 15) is 4.79 Å². The molecule has 0 fully saturated rings. The van der Waals surface area contributed by atoms with E-state index in [1.165, 1.54) is 11.1 Å². The molecule has 3 N–H and O–H groups in total. The van der Waals surface area contributed by atoms with Crippen LogP contribution < -0.4 is 16.0 Å². The van der Waals surface area contributed by atoms with Gasteiger partial charge in [-0.1, -0.05) is 24.3 Å². The fraction of sp³-hybridized carbons (Fsp3) is 0.579. The Labute approximate surface area is 175 Å². The van der Waals surface area contributed by atoms with Crippen LogP contribution in [0.25, 0.3) is 0 Å². The van der Waals surface area contributed by atoms with Crippen LogP contribution in [0.5, 0.6) is 0 Å². The van der Waals surface area contributed by atoms with Gasteiger partial charge in [-0.25, -0.2) is 4.99 Å². The van der Waals surface area contributed by atoms with Gasteiger partial charge in [0.25, 0.3) is 0 Å². The van der Waals surface area contributed by atoms with Gasteiger partial charge in [0.05, 0.1) is 13.1 Å². The minimum absolute atomic E-state index is 0. The second-order valence-corrected chi connectivity index (χ2v) is 7.35. The Morgan fingerprint density at radius 3 is 2.27 bits per heavy atom. The molecule has 0 saturated carbocycles. The van der Waals surface area contributed by atoms with E-state index in [0.29, 0.717) is 12.5 Å². The lowest BCUT2D eigenvalue weighted by molar-refractivity contribution is -0.121. The maximum atomic E-state index is 12.0. The van der Waals surface area contributed by atoms with Gasteiger partial charge in [0.1, 0.15) is 0 Å². The third kappa shape index (κ3) is 10.6. The van der Waals surface area contributed by atoms with Crippen molar-refractivity contribution in [2.45, 2.75) is 46.3 Å². The van der Waals surface area contributed by atoms with E-state index in [1.807, 2.05) is 39.8 Å². The fourth-order valence-corrected chi connectivity index (χ4v) is 2.34. The monoisotopic (exact) mass is 475 g/mol. The highest BCUT2D eigenvalue weighted by Crippen LogP contribution is 2.11. The summed E-state index contributed by atoms with van der Waals surface area (Å²) in [5.74, 6) is 0.595. The molecule has 1 aromatic carbocycles. The van der Waals surface area contributed by atoms with E-state index in [-0.39, 0.29) is 42.0 Å². The van der Waals surface area contributed by atoms with Crippen molar-refractivity contribution in [1.29, 1.82) is 0 Å². The quantitative estimate of drug-likeness (QED) is 0.322. The molecule has 1 aromatic rings. The van der Waals surface area contributed by atoms with Crippen molar-refractivity contribution in [3.05, 3.63) is 35.4 Å². The number of hydrogen-bond donors (Lipinski definition) is 3. The Hall–Kier alpha value is -1.35. The predicted octanol–water partition coefficient (Wildman–Crippen LogP) is 2.34. The third-order valence-electron chi connectivity index (χ3n) is 3.29. The van der Waals surface area contributed by atoms with Gasteiger partial charge >= 0.3 is 0 Å². The first-order valence-electron chi connectivity index (χ1n) is 8.76. The summed E-state index contributed by atoms with van der Waals surface area (Å²) in [5, 5.41) is 9.20. The Morgan fingerprint density at radius 1 is 1.12 bits per heavy atom. The van der Waals surface area contributed by atoms with Crippen LogP contribution in [-0.2, 0) is 17.9 Å². The Bertz CT molecular complexity index is 582. The van der Waals surface area contributed by atoms with Gasteiger partial charge in [-0.05, 0) is 52.9 Å². The van der Waals surface area contributed by atoms with Crippen molar-refractivity contribution in [1.82, 2.24) is 20.9 Å². The van der Waals surface area contributed by atoms with Gasteiger partial charge < -0.3 is 20.9 Å². The maximum Gasteiger partial charge on any atom is 0.239 e. The van der Waals surface area contributed by atoms with Gasteiger partial charge in [0.2, 0.25) is 5.91 Å². The Kier molecular flexibility index (Phi) is 11.5. The molecule has 0 atom stereocenters. The average Bonchev–Trinajstić information content (AvgIpc) is 2.49. The third-order valence-corrected chi connectivity index (χ3v) is 3.29. The normalized spacial score (nSPS) is 11.7. The lowest BCUT2D eigenvalue weighted by atomic mass is 10.1. The van der Waals surface area contributed by atoms with Crippen LogP contribution in [0.2, 0.25) is 0 Å². The number of aliphatic imine (C=N–C) groups is 1. The standard InChI is InChI=1S/C19H33N5O.HI/c1-7-20-18(22-13-17(25)23-19(2,3)4)21-12-15-10-8-9-11-16(15)14-24(5)6;/h8-11H,7,12-14H2,1-6H3,(H,23,25)(H2,20,21,22);1H. The molecule has 0 unspecified atom stereocenters. The van der Waals surface area contributed by atoms with Crippen LogP contribution in [-0.4, -0.2) is 49.5 Å². The fourth-order valence-electron chi connectivity index (χ4n) is 2.34. The number of hydrogen-bond acceptors (Lipinski definition) is 3. The lowest BCUT2D eigenvalue weighted by Gasteiger charge is -2.21. The number of benzene rings is 1. The van der Waals surface area contributed by atoms with Crippen LogP contribution in [0.3, 0.4) is 0 Å². The van der Waals surface area contributed by atoms with Gasteiger partial charge in [-0.15, -0.1) is 24.0 Å². The van der Waals surface area contributed by atoms with Crippen molar-refractivity contribution in [2.75, 3.05) is 27.2 Å². The summed E-state index contributed by atoms with van der Waals surface area (Å²) >= 11 is 0. The Morgan fingerprint density at radius 2 is 1.73 bits per heavy atom. The first-order valence-corrected chi connectivity index (χ1v) is 8.76. The molecule has 1 amide bonds. The smallest absolute Gasteiger partial charge is 0.239 e. The Balaban J connectivity index is 0.00000625. The molecule has 0 aliphatic heterocycles. The number of rotatable bonds is 7. The summed E-state index contributed by atoms with van der Waals surface area (Å²) in [6.07, 6.45) is 0. The molecular formula is C19H34IN5O.